The fourth-order valence-corrected chi connectivity index (χ4v) is 4.85. The lowest BCUT2D eigenvalue weighted by molar-refractivity contribution is 0.0680. The number of nitrogens with zero attached hydrogens (tertiary/aromatic N) is 5. The van der Waals surface area contributed by atoms with Crippen LogP contribution in [-0.4, -0.2) is 69.5 Å². The zero-order chi connectivity index (χ0) is 30.3. The van der Waals surface area contributed by atoms with E-state index in [4.69, 9.17) is 19.3 Å². The van der Waals surface area contributed by atoms with E-state index in [1.807, 2.05) is 27.7 Å². The summed E-state index contributed by atoms with van der Waals surface area (Å²) < 4.78 is 19.7. The number of alkyl carbamates (subject to hydrolysis) is 1. The summed E-state index contributed by atoms with van der Waals surface area (Å²) in [6.07, 6.45) is -0.496. The molecule has 2 aromatic rings. The highest BCUT2D eigenvalue weighted by atomic mass is 16.6. The molecule has 41 heavy (non-hydrogen) atoms. The summed E-state index contributed by atoms with van der Waals surface area (Å²) in [6, 6.07) is 2.08. The van der Waals surface area contributed by atoms with Crippen molar-refractivity contribution < 1.29 is 28.6 Å². The van der Waals surface area contributed by atoms with Gasteiger partial charge in [-0.2, -0.15) is 10.2 Å². The molecule has 4 amide bonds. The first-order chi connectivity index (χ1) is 19.3. The fourth-order valence-electron chi connectivity index (χ4n) is 4.85. The van der Waals surface area contributed by atoms with Crippen molar-refractivity contribution >= 4 is 23.8 Å². The van der Waals surface area contributed by atoms with Crippen LogP contribution < -0.4 is 16.0 Å². The van der Waals surface area contributed by atoms with Crippen molar-refractivity contribution in [2.24, 2.45) is 17.6 Å². The number of aryl methyl sites for hydroxylation is 1. The van der Waals surface area contributed by atoms with E-state index >= 15 is 0 Å². The van der Waals surface area contributed by atoms with Crippen molar-refractivity contribution in [1.29, 1.82) is 0 Å². The number of hydrogen-bond acceptors (Lipinski definition) is 9. The molecule has 1 aliphatic rings. The van der Waals surface area contributed by atoms with Gasteiger partial charge in [-0.25, -0.2) is 14.3 Å². The summed E-state index contributed by atoms with van der Waals surface area (Å²) in [5, 5.41) is 19.6. The molecule has 0 bridgehead atoms. The molecule has 3 rings (SSSR count). The zero-order valence-corrected chi connectivity index (χ0v) is 24.6. The van der Waals surface area contributed by atoms with Crippen LogP contribution in [0.5, 0.6) is 0 Å². The lowest BCUT2D eigenvalue weighted by Crippen LogP contribution is -2.36. The van der Waals surface area contributed by atoms with Gasteiger partial charge in [-0.3, -0.25) is 9.48 Å². The van der Waals surface area contributed by atoms with E-state index in [-0.39, 0.29) is 31.2 Å². The van der Waals surface area contributed by atoms with Crippen LogP contribution in [0, 0.1) is 10.3 Å². The van der Waals surface area contributed by atoms with Crippen molar-refractivity contribution in [2.45, 2.75) is 84.9 Å². The average molecular weight is 577 g/mol. The minimum Gasteiger partial charge on any atom is -0.444 e. The summed E-state index contributed by atoms with van der Waals surface area (Å²) >= 11 is 0. The van der Waals surface area contributed by atoms with E-state index in [1.54, 1.807) is 37.9 Å². The number of nitroso groups, excluding NO2 is 1. The molecule has 1 saturated heterocycles. The van der Waals surface area contributed by atoms with Crippen molar-refractivity contribution in [3.8, 4) is 0 Å². The topological polar surface area (TPSA) is 180 Å². The van der Waals surface area contributed by atoms with Crippen LogP contribution in [0.25, 0.3) is 0 Å². The standard InChI is InChI=1S/C26H40N8O7/c1-15(2)27-25(37)41-18-9-21(40-13-18)19-10-22(29-23(35)20-8-17(12-39-7)30-33(20)6)34(31-19)14-26(4,5)11-16(3)28-24(36)32-38/h8,10,15-16,18,21H,9,11-14H2,1-7H3,(H,27,37)(H,28,36)(H,29,35). The number of anilines is 1. The van der Waals surface area contributed by atoms with Crippen LogP contribution >= 0.6 is 0 Å². The zero-order valence-electron chi connectivity index (χ0n) is 24.6. The Bertz CT molecular complexity index is 1240. The molecular weight excluding hydrogens is 536 g/mol. The third kappa shape index (κ3) is 9.08. The molecule has 1 aliphatic heterocycles. The number of rotatable bonds is 12. The Morgan fingerprint density at radius 3 is 2.59 bits per heavy atom. The Labute approximate surface area is 238 Å². The lowest BCUT2D eigenvalue weighted by atomic mass is 9.86. The van der Waals surface area contributed by atoms with Gasteiger partial charge in [0.25, 0.3) is 5.91 Å². The third-order valence-electron chi connectivity index (χ3n) is 6.36. The molecule has 3 N–H and O–H groups in total. The van der Waals surface area contributed by atoms with E-state index < -0.39 is 29.7 Å². The van der Waals surface area contributed by atoms with Gasteiger partial charge in [-0.05, 0) is 38.7 Å². The van der Waals surface area contributed by atoms with Gasteiger partial charge < -0.3 is 30.2 Å². The molecular formula is C26H40N8O7. The molecule has 0 aliphatic carbocycles. The molecule has 0 aromatic carbocycles. The highest BCUT2D eigenvalue weighted by Gasteiger charge is 2.33. The van der Waals surface area contributed by atoms with E-state index in [0.29, 0.717) is 42.3 Å². The highest BCUT2D eigenvalue weighted by molar-refractivity contribution is 6.02. The molecule has 0 spiro atoms. The van der Waals surface area contributed by atoms with Crippen LogP contribution in [0.15, 0.2) is 17.3 Å². The fraction of sp³-hybridized carbons (Fsp3) is 0.654. The Morgan fingerprint density at radius 2 is 1.93 bits per heavy atom. The highest BCUT2D eigenvalue weighted by Crippen LogP contribution is 2.33. The summed E-state index contributed by atoms with van der Waals surface area (Å²) in [4.78, 5) is 47.2. The van der Waals surface area contributed by atoms with Gasteiger partial charge in [0.15, 0.2) is 0 Å². The lowest BCUT2D eigenvalue weighted by Gasteiger charge is -2.28. The molecule has 1 fully saturated rings. The van der Waals surface area contributed by atoms with Crippen molar-refractivity contribution in [3.05, 3.63) is 34.1 Å². The van der Waals surface area contributed by atoms with Crippen LogP contribution in [0.4, 0.5) is 15.4 Å². The Balaban J connectivity index is 1.82. The van der Waals surface area contributed by atoms with Gasteiger partial charge in [0.05, 0.1) is 24.6 Å². The molecule has 15 heteroatoms. The monoisotopic (exact) mass is 576 g/mol. The number of ether oxygens (including phenoxy) is 3. The number of carbonyl (C=O) groups excluding carboxylic acids is 3. The van der Waals surface area contributed by atoms with Gasteiger partial charge in [0.2, 0.25) is 0 Å². The minimum atomic E-state index is -0.927. The molecule has 0 radical (unpaired) electrons. The number of aromatic nitrogens is 4. The van der Waals surface area contributed by atoms with Gasteiger partial charge in [0, 0.05) is 50.4 Å². The Morgan fingerprint density at radius 1 is 1.20 bits per heavy atom. The Hall–Kier alpha value is -3.85. The van der Waals surface area contributed by atoms with E-state index in [0.717, 1.165) is 0 Å². The number of nitrogens with one attached hydrogen (secondary N) is 3. The van der Waals surface area contributed by atoms with Crippen LogP contribution in [0.2, 0.25) is 0 Å². The number of hydrogen-bond donors (Lipinski definition) is 3. The number of urea groups is 1. The molecule has 2 aromatic heterocycles. The summed E-state index contributed by atoms with van der Waals surface area (Å²) in [7, 11) is 3.22. The predicted octanol–water partition coefficient (Wildman–Crippen LogP) is 3.26. The quantitative estimate of drug-likeness (QED) is 0.320. The maximum atomic E-state index is 13.3. The van der Waals surface area contributed by atoms with Crippen molar-refractivity contribution in [3.63, 3.8) is 0 Å². The maximum absolute atomic E-state index is 13.3. The second-order valence-electron chi connectivity index (χ2n) is 11.3. The van der Waals surface area contributed by atoms with E-state index in [2.05, 4.69) is 26.2 Å². The van der Waals surface area contributed by atoms with E-state index in [1.165, 1.54) is 4.68 Å². The smallest absolute Gasteiger partial charge is 0.407 e. The van der Waals surface area contributed by atoms with E-state index in [9.17, 15) is 19.3 Å². The predicted molar refractivity (Wildman–Crippen MR) is 148 cm³/mol. The second-order valence-corrected chi connectivity index (χ2v) is 11.3. The second kappa shape index (κ2) is 13.7. The van der Waals surface area contributed by atoms with Crippen LogP contribution in [-0.2, 0) is 34.4 Å². The molecule has 226 valence electrons. The van der Waals surface area contributed by atoms with Crippen molar-refractivity contribution in [1.82, 2.24) is 30.2 Å². The summed E-state index contributed by atoms with van der Waals surface area (Å²) in [5.74, 6) is 0.0498. The van der Waals surface area contributed by atoms with Crippen LogP contribution in [0.3, 0.4) is 0 Å². The SMILES string of the molecule is COCc1cc(C(=O)Nc2cc(C3CC(OC(=O)NC(C)C)CO3)nn2CC(C)(C)CC(C)NC(=O)N=O)n(C)n1. The molecule has 15 nitrogen and oxygen atoms in total. The Kier molecular flexibility index (Phi) is 10.6. The van der Waals surface area contributed by atoms with Gasteiger partial charge in [-0.1, -0.05) is 13.8 Å². The first-order valence-corrected chi connectivity index (χ1v) is 13.4. The largest absolute Gasteiger partial charge is 0.444 e. The average Bonchev–Trinajstić information content (AvgIpc) is 3.57. The summed E-state index contributed by atoms with van der Waals surface area (Å²) in [6.45, 7) is 10.3. The maximum Gasteiger partial charge on any atom is 0.407 e. The number of amides is 4. The van der Waals surface area contributed by atoms with Crippen molar-refractivity contribution in [2.75, 3.05) is 19.0 Å². The third-order valence-corrected chi connectivity index (χ3v) is 6.36. The first kappa shape index (κ1) is 31.7. The minimum absolute atomic E-state index is 0.0541. The first-order valence-electron chi connectivity index (χ1n) is 13.4. The van der Waals surface area contributed by atoms with Gasteiger partial charge in [-0.15, -0.1) is 4.91 Å². The molecule has 0 saturated carbocycles. The number of carbonyl (C=O) groups is 3. The molecule has 3 atom stereocenters. The number of methoxy groups -OCH3 is 1. The van der Waals surface area contributed by atoms with Gasteiger partial charge in [0.1, 0.15) is 23.7 Å². The van der Waals surface area contributed by atoms with Crippen LogP contribution in [0.1, 0.15) is 75.4 Å². The molecule has 3 unspecified atom stereocenters. The summed E-state index contributed by atoms with van der Waals surface area (Å²) in [5.41, 5.74) is 1.10. The normalized spacial score (nSPS) is 17.8. The van der Waals surface area contributed by atoms with Gasteiger partial charge >= 0.3 is 12.1 Å². The molecule has 3 heterocycles.